The summed E-state index contributed by atoms with van der Waals surface area (Å²) >= 11 is 0. The summed E-state index contributed by atoms with van der Waals surface area (Å²) in [6.07, 6.45) is 3.87. The fourth-order valence-electron chi connectivity index (χ4n) is 4.29. The van der Waals surface area contributed by atoms with Crippen LogP contribution in [0, 0.1) is 0 Å². The third kappa shape index (κ3) is 2.51. The van der Waals surface area contributed by atoms with E-state index in [0.29, 0.717) is 17.5 Å². The van der Waals surface area contributed by atoms with Crippen molar-refractivity contribution >= 4 is 0 Å². The first-order valence-electron chi connectivity index (χ1n) is 8.22. The summed E-state index contributed by atoms with van der Waals surface area (Å²) in [6, 6.07) is 9.49. The normalized spacial score (nSPS) is 29.9. The molecule has 0 unspecified atom stereocenters. The van der Waals surface area contributed by atoms with Gasteiger partial charge in [-0.05, 0) is 62.9 Å². The Morgan fingerprint density at radius 1 is 1.15 bits per heavy atom. The molecule has 2 heterocycles. The van der Waals surface area contributed by atoms with Crippen LogP contribution in [-0.4, -0.2) is 30.1 Å². The van der Waals surface area contributed by atoms with E-state index in [4.69, 9.17) is 0 Å². The van der Waals surface area contributed by atoms with Gasteiger partial charge in [-0.1, -0.05) is 38.1 Å². The van der Waals surface area contributed by atoms with Crippen LogP contribution in [-0.2, 0) is 0 Å². The molecule has 0 amide bonds. The predicted octanol–water partition coefficient (Wildman–Crippen LogP) is 3.70. The quantitative estimate of drug-likeness (QED) is 0.838. The van der Waals surface area contributed by atoms with Crippen molar-refractivity contribution in [2.75, 3.05) is 19.6 Å². The molecule has 0 bridgehead atoms. The number of rotatable bonds is 1. The van der Waals surface area contributed by atoms with Gasteiger partial charge in [-0.3, -0.25) is 0 Å². The molecule has 2 heteroatoms. The number of nitrogens with one attached hydrogen (secondary N) is 1. The average Bonchev–Trinajstić information content (AvgIpc) is 2.57. The molecule has 1 aromatic rings. The molecule has 1 spiro atoms. The summed E-state index contributed by atoms with van der Waals surface area (Å²) in [4.78, 5) is 2.58. The summed E-state index contributed by atoms with van der Waals surface area (Å²) in [6.45, 7) is 10.7. The maximum Gasteiger partial charge on any atom is 0.0299 e. The molecule has 3 rings (SSSR count). The highest BCUT2D eigenvalue weighted by atomic mass is 15.2. The first-order chi connectivity index (χ1) is 9.63. The van der Waals surface area contributed by atoms with Gasteiger partial charge in [0.15, 0.2) is 0 Å². The molecule has 1 aromatic carbocycles. The van der Waals surface area contributed by atoms with Crippen LogP contribution in [0.5, 0.6) is 0 Å². The van der Waals surface area contributed by atoms with Crippen molar-refractivity contribution in [2.24, 2.45) is 0 Å². The number of nitrogens with zero attached hydrogens (tertiary/aromatic N) is 1. The lowest BCUT2D eigenvalue weighted by Gasteiger charge is -2.44. The maximum atomic E-state index is 4.00. The maximum absolute atomic E-state index is 4.00. The second-order valence-electron chi connectivity index (χ2n) is 6.81. The molecule has 2 atom stereocenters. The van der Waals surface area contributed by atoms with E-state index in [2.05, 4.69) is 55.3 Å². The third-order valence-corrected chi connectivity index (χ3v) is 5.47. The molecule has 1 N–H and O–H groups in total. The lowest BCUT2D eigenvalue weighted by molar-refractivity contribution is 0.121. The van der Waals surface area contributed by atoms with Gasteiger partial charge >= 0.3 is 0 Å². The Morgan fingerprint density at radius 3 is 2.45 bits per heavy atom. The van der Waals surface area contributed by atoms with Crippen LogP contribution in [0.3, 0.4) is 0 Å². The van der Waals surface area contributed by atoms with Gasteiger partial charge in [-0.15, -0.1) is 0 Å². The average molecular weight is 272 g/mol. The molecule has 0 aromatic heterocycles. The van der Waals surface area contributed by atoms with E-state index in [0.717, 1.165) is 0 Å². The topological polar surface area (TPSA) is 15.3 Å². The molecule has 2 aliphatic heterocycles. The Bertz CT molecular complexity index is 427. The van der Waals surface area contributed by atoms with Crippen LogP contribution in [0.25, 0.3) is 0 Å². The minimum absolute atomic E-state index is 0.351. The Kier molecular flexibility index (Phi) is 3.87. The zero-order chi connectivity index (χ0) is 14.2. The van der Waals surface area contributed by atoms with Crippen molar-refractivity contribution in [1.82, 2.24) is 10.2 Å². The van der Waals surface area contributed by atoms with Crippen LogP contribution < -0.4 is 5.32 Å². The van der Waals surface area contributed by atoms with Gasteiger partial charge in [-0.2, -0.15) is 0 Å². The minimum Gasteiger partial charge on any atom is -0.305 e. The van der Waals surface area contributed by atoms with Crippen LogP contribution >= 0.6 is 0 Å². The predicted molar refractivity (Wildman–Crippen MR) is 85.1 cm³/mol. The summed E-state index contributed by atoms with van der Waals surface area (Å²) in [5.74, 6) is 0.664. The van der Waals surface area contributed by atoms with E-state index >= 15 is 0 Å². The smallest absolute Gasteiger partial charge is 0.0299 e. The first kappa shape index (κ1) is 14.1. The molecule has 1 saturated heterocycles. The van der Waals surface area contributed by atoms with Crippen molar-refractivity contribution in [3.63, 3.8) is 0 Å². The molecule has 0 radical (unpaired) electrons. The van der Waals surface area contributed by atoms with Gasteiger partial charge in [-0.25, -0.2) is 0 Å². The van der Waals surface area contributed by atoms with Gasteiger partial charge < -0.3 is 10.2 Å². The van der Waals surface area contributed by atoms with Crippen molar-refractivity contribution in [3.8, 4) is 0 Å². The Balaban J connectivity index is 1.85. The summed E-state index contributed by atoms with van der Waals surface area (Å²) in [7, 11) is 0. The van der Waals surface area contributed by atoms with E-state index in [-0.39, 0.29) is 0 Å². The van der Waals surface area contributed by atoms with Gasteiger partial charge in [0.05, 0.1) is 0 Å². The molecule has 0 saturated carbocycles. The standard InChI is InChI=1S/C18H28N2/c1-4-20-11-9-18(10-12-20)13-14(2)16-7-5-6-8-17(16)15(3)19-18/h5-8,14-15,19H,4,9-13H2,1-3H3/t14-,15+/m0/s1. The van der Waals surface area contributed by atoms with Gasteiger partial charge in [0.25, 0.3) is 0 Å². The molecule has 110 valence electrons. The molecule has 1 fully saturated rings. The van der Waals surface area contributed by atoms with Gasteiger partial charge in [0, 0.05) is 11.6 Å². The zero-order valence-corrected chi connectivity index (χ0v) is 13.2. The van der Waals surface area contributed by atoms with Crippen LogP contribution in [0.2, 0.25) is 0 Å². The van der Waals surface area contributed by atoms with E-state index in [1.807, 2.05) is 0 Å². The van der Waals surface area contributed by atoms with Gasteiger partial charge in [0.1, 0.15) is 0 Å². The van der Waals surface area contributed by atoms with Gasteiger partial charge in [0.2, 0.25) is 0 Å². The Morgan fingerprint density at radius 2 is 1.80 bits per heavy atom. The van der Waals surface area contributed by atoms with Crippen LogP contribution in [0.1, 0.15) is 63.1 Å². The van der Waals surface area contributed by atoms with Crippen molar-refractivity contribution in [3.05, 3.63) is 35.4 Å². The molecular weight excluding hydrogens is 244 g/mol. The molecule has 2 aliphatic rings. The third-order valence-electron chi connectivity index (χ3n) is 5.47. The van der Waals surface area contributed by atoms with Crippen LogP contribution in [0.15, 0.2) is 24.3 Å². The van der Waals surface area contributed by atoms with Crippen molar-refractivity contribution in [2.45, 2.75) is 57.5 Å². The highest BCUT2D eigenvalue weighted by Gasteiger charge is 2.39. The molecular formula is C18H28N2. The fraction of sp³-hybridized carbons (Fsp3) is 0.667. The van der Waals surface area contributed by atoms with E-state index < -0.39 is 0 Å². The monoisotopic (exact) mass is 272 g/mol. The van der Waals surface area contributed by atoms with E-state index in [1.165, 1.54) is 44.5 Å². The minimum atomic E-state index is 0.351. The zero-order valence-electron chi connectivity index (χ0n) is 13.2. The Hall–Kier alpha value is -0.860. The molecule has 2 nitrogen and oxygen atoms in total. The number of fused-ring (bicyclic) bond motifs is 1. The van der Waals surface area contributed by atoms with Crippen LogP contribution in [0.4, 0.5) is 0 Å². The molecule has 20 heavy (non-hydrogen) atoms. The first-order valence-corrected chi connectivity index (χ1v) is 8.22. The van der Waals surface area contributed by atoms with Crippen molar-refractivity contribution in [1.29, 1.82) is 0 Å². The number of hydrogen-bond donors (Lipinski definition) is 1. The summed E-state index contributed by atoms with van der Waals surface area (Å²) in [5.41, 5.74) is 3.42. The SMILES string of the molecule is CCN1CCC2(CC1)C[C@H](C)c1ccccc1[C@@H](C)N2. The second kappa shape index (κ2) is 5.50. The van der Waals surface area contributed by atoms with Crippen molar-refractivity contribution < 1.29 is 0 Å². The summed E-state index contributed by atoms with van der Waals surface area (Å²) < 4.78 is 0. The Labute approximate surface area is 123 Å². The van der Waals surface area contributed by atoms with E-state index in [9.17, 15) is 0 Å². The fourth-order valence-corrected chi connectivity index (χ4v) is 4.29. The second-order valence-corrected chi connectivity index (χ2v) is 6.81. The lowest BCUT2D eigenvalue weighted by atomic mass is 9.79. The summed E-state index contributed by atoms with van der Waals surface area (Å²) in [5, 5.41) is 4.00. The van der Waals surface area contributed by atoms with E-state index in [1.54, 1.807) is 5.56 Å². The molecule has 0 aliphatic carbocycles. The lowest BCUT2D eigenvalue weighted by Crippen LogP contribution is -2.53. The highest BCUT2D eigenvalue weighted by molar-refractivity contribution is 5.34. The number of likely N-dealkylation sites (tertiary alicyclic amines) is 1. The largest absolute Gasteiger partial charge is 0.305 e. The number of piperidine rings is 1. The highest BCUT2D eigenvalue weighted by Crippen LogP contribution is 2.40. The number of hydrogen-bond acceptors (Lipinski definition) is 2. The number of benzene rings is 1.